The highest BCUT2D eigenvalue weighted by Gasteiger charge is 2.21. The Labute approximate surface area is 190 Å². The van der Waals surface area contributed by atoms with Gasteiger partial charge >= 0.3 is 0 Å². The van der Waals surface area contributed by atoms with Gasteiger partial charge in [0, 0.05) is 17.1 Å². The Morgan fingerprint density at radius 3 is 2.43 bits per heavy atom. The molecule has 0 amide bonds. The monoisotopic (exact) mass is 463 g/mol. The lowest BCUT2D eigenvalue weighted by molar-refractivity contribution is 0.102. The van der Waals surface area contributed by atoms with Crippen molar-refractivity contribution in [1.29, 1.82) is 0 Å². The standard InChI is InChI=1S/C22H23Cl2N3O2S/c1-14(2)12-27-21(15(3)29-20-7-5-4-6-18(20)24)25-26-22(27)30-13-19(28)16-8-10-17(23)11-9-16/h4-11,14-15H,12-13H2,1-3H3. The molecule has 0 fully saturated rings. The zero-order chi connectivity index (χ0) is 21.7. The number of aromatic nitrogens is 3. The van der Waals surface area contributed by atoms with E-state index in [1.807, 2.05) is 29.7 Å². The van der Waals surface area contributed by atoms with Crippen LogP contribution in [0.4, 0.5) is 0 Å². The van der Waals surface area contributed by atoms with Crippen LogP contribution in [0.1, 0.15) is 43.1 Å². The molecule has 0 saturated carbocycles. The first-order valence-corrected chi connectivity index (χ1v) is 11.3. The fraction of sp³-hybridized carbons (Fsp3) is 0.318. The third kappa shape index (κ3) is 5.78. The molecule has 0 spiro atoms. The summed E-state index contributed by atoms with van der Waals surface area (Å²) in [6.07, 6.45) is -0.350. The number of benzene rings is 2. The molecule has 5 nitrogen and oxygen atoms in total. The number of carbonyl (C=O) groups is 1. The summed E-state index contributed by atoms with van der Waals surface area (Å²) in [4.78, 5) is 12.5. The highest BCUT2D eigenvalue weighted by molar-refractivity contribution is 7.99. The Morgan fingerprint density at radius 2 is 1.77 bits per heavy atom. The van der Waals surface area contributed by atoms with Crippen LogP contribution in [-0.2, 0) is 6.54 Å². The van der Waals surface area contributed by atoms with Crippen molar-refractivity contribution in [1.82, 2.24) is 14.8 Å². The van der Waals surface area contributed by atoms with Crippen molar-refractivity contribution in [2.45, 2.75) is 38.6 Å². The Balaban J connectivity index is 1.76. The second-order valence-corrected chi connectivity index (χ2v) is 9.04. The van der Waals surface area contributed by atoms with E-state index in [2.05, 4.69) is 24.0 Å². The van der Waals surface area contributed by atoms with E-state index in [1.165, 1.54) is 11.8 Å². The molecule has 0 bridgehead atoms. The molecule has 3 aromatic rings. The van der Waals surface area contributed by atoms with E-state index < -0.39 is 0 Å². The minimum absolute atomic E-state index is 0.0117. The highest BCUT2D eigenvalue weighted by Crippen LogP contribution is 2.30. The quantitative estimate of drug-likeness (QED) is 0.273. The molecule has 1 atom stereocenters. The number of halogens is 2. The first kappa shape index (κ1) is 22.7. The van der Waals surface area contributed by atoms with Gasteiger partial charge in [-0.25, -0.2) is 0 Å². The van der Waals surface area contributed by atoms with Gasteiger partial charge in [0.1, 0.15) is 5.75 Å². The third-order valence-electron chi connectivity index (χ3n) is 4.30. The van der Waals surface area contributed by atoms with Gasteiger partial charge in [-0.3, -0.25) is 4.79 Å². The van der Waals surface area contributed by atoms with Crippen LogP contribution in [0.25, 0.3) is 0 Å². The van der Waals surface area contributed by atoms with E-state index in [1.54, 1.807) is 30.3 Å². The number of ether oxygens (including phenoxy) is 1. The van der Waals surface area contributed by atoms with Crippen LogP contribution in [-0.4, -0.2) is 26.3 Å². The Morgan fingerprint density at radius 1 is 1.07 bits per heavy atom. The maximum atomic E-state index is 12.5. The average Bonchev–Trinajstić information content (AvgIpc) is 3.10. The number of thioether (sulfide) groups is 1. The van der Waals surface area contributed by atoms with Crippen molar-refractivity contribution in [3.63, 3.8) is 0 Å². The van der Waals surface area contributed by atoms with Gasteiger partial charge in [0.15, 0.2) is 22.9 Å². The molecule has 0 aliphatic heterocycles. The summed E-state index contributed by atoms with van der Waals surface area (Å²) in [6.45, 7) is 6.88. The van der Waals surface area contributed by atoms with Gasteiger partial charge in [-0.15, -0.1) is 10.2 Å². The maximum absolute atomic E-state index is 12.5. The highest BCUT2D eigenvalue weighted by atomic mass is 35.5. The Bertz CT molecular complexity index is 1010. The van der Waals surface area contributed by atoms with Crippen LogP contribution < -0.4 is 4.74 Å². The summed E-state index contributed by atoms with van der Waals surface area (Å²) in [5.41, 5.74) is 0.623. The van der Waals surface area contributed by atoms with Crippen molar-refractivity contribution in [2.24, 2.45) is 5.92 Å². The molecule has 1 unspecified atom stereocenters. The molecule has 0 aliphatic rings. The van der Waals surface area contributed by atoms with E-state index in [9.17, 15) is 4.79 Å². The number of para-hydroxylation sites is 1. The lowest BCUT2D eigenvalue weighted by Gasteiger charge is -2.18. The Hall–Kier alpha value is -2.02. The molecule has 2 aromatic carbocycles. The van der Waals surface area contributed by atoms with Crippen molar-refractivity contribution >= 4 is 40.7 Å². The van der Waals surface area contributed by atoms with E-state index >= 15 is 0 Å². The van der Waals surface area contributed by atoms with Crippen LogP contribution in [0.3, 0.4) is 0 Å². The van der Waals surface area contributed by atoms with Gasteiger partial charge in [0.2, 0.25) is 0 Å². The number of rotatable bonds is 9. The topological polar surface area (TPSA) is 57.0 Å². The molecule has 0 saturated heterocycles. The van der Waals surface area contributed by atoms with E-state index in [0.29, 0.717) is 38.3 Å². The van der Waals surface area contributed by atoms with Crippen molar-refractivity contribution in [3.05, 3.63) is 70.0 Å². The van der Waals surface area contributed by atoms with Crippen molar-refractivity contribution in [2.75, 3.05) is 5.75 Å². The summed E-state index contributed by atoms with van der Waals surface area (Å²) in [5, 5.41) is 10.5. The van der Waals surface area contributed by atoms with Gasteiger partial charge in [0.05, 0.1) is 10.8 Å². The zero-order valence-electron chi connectivity index (χ0n) is 17.0. The van der Waals surface area contributed by atoms with Gasteiger partial charge in [-0.05, 0) is 49.2 Å². The second-order valence-electron chi connectivity index (χ2n) is 7.25. The maximum Gasteiger partial charge on any atom is 0.191 e. The summed E-state index contributed by atoms with van der Waals surface area (Å²) in [5.74, 6) is 1.94. The first-order valence-electron chi connectivity index (χ1n) is 9.61. The molecule has 1 aromatic heterocycles. The van der Waals surface area contributed by atoms with Crippen LogP contribution in [0.5, 0.6) is 5.75 Å². The average molecular weight is 464 g/mol. The molecule has 158 valence electrons. The number of hydrogen-bond acceptors (Lipinski definition) is 5. The molecular formula is C22H23Cl2N3O2S. The largest absolute Gasteiger partial charge is 0.481 e. The van der Waals surface area contributed by atoms with Gasteiger partial charge in [0.25, 0.3) is 0 Å². The smallest absolute Gasteiger partial charge is 0.191 e. The second kappa shape index (κ2) is 10.3. The predicted octanol–water partition coefficient (Wildman–Crippen LogP) is 6.36. The summed E-state index contributed by atoms with van der Waals surface area (Å²) >= 11 is 13.5. The van der Waals surface area contributed by atoms with E-state index in [4.69, 9.17) is 27.9 Å². The SMILES string of the molecule is CC(C)Cn1c(SCC(=O)c2ccc(Cl)cc2)nnc1C(C)Oc1ccccc1Cl. The van der Waals surface area contributed by atoms with E-state index in [-0.39, 0.29) is 17.6 Å². The minimum atomic E-state index is -0.350. The molecule has 0 radical (unpaired) electrons. The number of Topliss-reactive ketones (excluding diaryl/α,β-unsaturated/α-hetero) is 1. The van der Waals surface area contributed by atoms with Crippen LogP contribution in [0.2, 0.25) is 10.0 Å². The van der Waals surface area contributed by atoms with Crippen molar-refractivity contribution in [3.8, 4) is 5.75 Å². The summed E-state index contributed by atoms with van der Waals surface area (Å²) in [7, 11) is 0. The lowest BCUT2D eigenvalue weighted by Crippen LogP contribution is -2.15. The van der Waals surface area contributed by atoms with Crippen LogP contribution >= 0.6 is 35.0 Å². The molecule has 0 aliphatic carbocycles. The predicted molar refractivity (Wildman–Crippen MR) is 122 cm³/mol. The lowest BCUT2D eigenvalue weighted by atomic mass is 10.1. The summed E-state index contributed by atoms with van der Waals surface area (Å²) < 4.78 is 8.05. The fourth-order valence-electron chi connectivity index (χ4n) is 2.88. The van der Waals surface area contributed by atoms with Gasteiger partial charge in [-0.2, -0.15) is 0 Å². The first-order chi connectivity index (χ1) is 14.3. The normalized spacial score (nSPS) is 12.2. The molecule has 30 heavy (non-hydrogen) atoms. The van der Waals surface area contributed by atoms with Gasteiger partial charge in [-0.1, -0.05) is 60.9 Å². The fourth-order valence-corrected chi connectivity index (χ4v) is 4.03. The number of ketones is 1. The number of hydrogen-bond donors (Lipinski definition) is 0. The molecule has 1 heterocycles. The van der Waals surface area contributed by atoms with Gasteiger partial charge < -0.3 is 9.30 Å². The molecule has 8 heteroatoms. The van der Waals surface area contributed by atoms with E-state index in [0.717, 1.165) is 6.54 Å². The Kier molecular flexibility index (Phi) is 7.81. The molecule has 3 rings (SSSR count). The third-order valence-corrected chi connectivity index (χ3v) is 5.83. The van der Waals surface area contributed by atoms with Crippen molar-refractivity contribution < 1.29 is 9.53 Å². The molecule has 0 N–H and O–H groups in total. The number of nitrogens with zero attached hydrogens (tertiary/aromatic N) is 3. The van der Waals surface area contributed by atoms with Crippen LogP contribution in [0, 0.1) is 5.92 Å². The zero-order valence-corrected chi connectivity index (χ0v) is 19.3. The number of carbonyl (C=O) groups excluding carboxylic acids is 1. The molecular weight excluding hydrogens is 441 g/mol. The summed E-state index contributed by atoms with van der Waals surface area (Å²) in [6, 6.07) is 14.2. The minimum Gasteiger partial charge on any atom is -0.481 e. The van der Waals surface area contributed by atoms with Crippen LogP contribution in [0.15, 0.2) is 53.7 Å².